The molecular weight excluding hydrogens is 246 g/mol. The lowest BCUT2D eigenvalue weighted by Crippen LogP contribution is -2.07. The minimum atomic E-state index is 0.745. The molecule has 2 rings (SSSR count). The van der Waals surface area contributed by atoms with Crippen LogP contribution in [-0.4, -0.2) is 21.5 Å². The largest absolute Gasteiger partial charge is 0.370 e. The van der Waals surface area contributed by atoms with Gasteiger partial charge in [0.15, 0.2) is 0 Å². The summed E-state index contributed by atoms with van der Waals surface area (Å²) in [5.74, 6) is 1.75. The van der Waals surface area contributed by atoms with Gasteiger partial charge in [-0.05, 0) is 20.8 Å². The number of hydrogen-bond acceptors (Lipinski definition) is 6. The smallest absolute Gasteiger partial charge is 0.134 e. The van der Waals surface area contributed by atoms with E-state index in [2.05, 4.69) is 32.5 Å². The minimum Gasteiger partial charge on any atom is -0.370 e. The molecule has 2 aromatic rings. The van der Waals surface area contributed by atoms with Gasteiger partial charge in [-0.15, -0.1) is 11.3 Å². The van der Waals surface area contributed by atoms with Crippen LogP contribution in [-0.2, 0) is 6.54 Å². The number of aromatic nitrogens is 3. The molecule has 2 heterocycles. The van der Waals surface area contributed by atoms with Crippen molar-refractivity contribution in [1.29, 1.82) is 0 Å². The van der Waals surface area contributed by atoms with Gasteiger partial charge in [-0.3, -0.25) is 0 Å². The van der Waals surface area contributed by atoms with Crippen LogP contribution < -0.4 is 10.6 Å². The van der Waals surface area contributed by atoms with Crippen LogP contribution in [0.5, 0.6) is 0 Å². The second kappa shape index (κ2) is 5.77. The molecule has 0 amide bonds. The van der Waals surface area contributed by atoms with Gasteiger partial charge >= 0.3 is 0 Å². The van der Waals surface area contributed by atoms with Crippen molar-refractivity contribution in [3.8, 4) is 0 Å². The lowest BCUT2D eigenvalue weighted by molar-refractivity contribution is 1.05. The summed E-state index contributed by atoms with van der Waals surface area (Å²) in [6.45, 7) is 7.67. The van der Waals surface area contributed by atoms with Crippen molar-refractivity contribution in [3.05, 3.63) is 28.0 Å². The van der Waals surface area contributed by atoms with Gasteiger partial charge in [-0.2, -0.15) is 0 Å². The van der Waals surface area contributed by atoms with E-state index in [0.29, 0.717) is 0 Å². The van der Waals surface area contributed by atoms with Crippen LogP contribution in [0.4, 0.5) is 11.6 Å². The second-order valence-corrected chi connectivity index (χ2v) is 5.24. The van der Waals surface area contributed by atoms with Gasteiger partial charge in [-0.1, -0.05) is 0 Å². The SMILES string of the molecule is CCNc1ncnc(NCc2cnc(C)s2)c1C. The van der Waals surface area contributed by atoms with Gasteiger partial charge in [0, 0.05) is 23.2 Å². The van der Waals surface area contributed by atoms with Crippen LogP contribution in [0, 0.1) is 13.8 Å². The highest BCUT2D eigenvalue weighted by atomic mass is 32.1. The number of anilines is 2. The summed E-state index contributed by atoms with van der Waals surface area (Å²) in [5, 5.41) is 7.62. The molecule has 96 valence electrons. The van der Waals surface area contributed by atoms with E-state index in [1.165, 1.54) is 4.88 Å². The Bertz CT molecular complexity index is 523. The van der Waals surface area contributed by atoms with Crippen LogP contribution >= 0.6 is 11.3 Å². The number of rotatable bonds is 5. The van der Waals surface area contributed by atoms with Crippen LogP contribution in [0.3, 0.4) is 0 Å². The third-order valence-corrected chi connectivity index (χ3v) is 3.44. The average molecular weight is 263 g/mol. The second-order valence-electron chi connectivity index (χ2n) is 3.93. The van der Waals surface area contributed by atoms with Crippen molar-refractivity contribution < 1.29 is 0 Å². The van der Waals surface area contributed by atoms with Gasteiger partial charge in [0.1, 0.15) is 18.0 Å². The number of nitrogens with zero attached hydrogens (tertiary/aromatic N) is 3. The standard InChI is InChI=1S/C12H17N5S/c1-4-13-11-8(2)12(17-7-16-11)15-6-10-5-14-9(3)18-10/h5,7H,4,6H2,1-3H3,(H2,13,15,16,17). The molecule has 0 fully saturated rings. The van der Waals surface area contributed by atoms with Crippen molar-refractivity contribution in [2.45, 2.75) is 27.3 Å². The summed E-state index contributed by atoms with van der Waals surface area (Å²) in [6, 6.07) is 0. The maximum absolute atomic E-state index is 4.27. The minimum absolute atomic E-state index is 0.745. The third kappa shape index (κ3) is 2.95. The molecule has 0 saturated carbocycles. The van der Waals surface area contributed by atoms with Crippen molar-refractivity contribution in [2.24, 2.45) is 0 Å². The summed E-state index contributed by atoms with van der Waals surface area (Å²) in [6.07, 6.45) is 3.47. The molecule has 0 saturated heterocycles. The molecule has 0 unspecified atom stereocenters. The zero-order chi connectivity index (χ0) is 13.0. The van der Waals surface area contributed by atoms with Crippen LogP contribution in [0.25, 0.3) is 0 Å². The van der Waals surface area contributed by atoms with Gasteiger partial charge in [0.2, 0.25) is 0 Å². The molecule has 0 aliphatic heterocycles. The highest BCUT2D eigenvalue weighted by molar-refractivity contribution is 7.11. The molecule has 0 spiro atoms. The van der Waals surface area contributed by atoms with Gasteiger partial charge < -0.3 is 10.6 Å². The number of nitrogens with one attached hydrogen (secondary N) is 2. The van der Waals surface area contributed by atoms with E-state index in [1.807, 2.05) is 20.0 Å². The summed E-state index contributed by atoms with van der Waals surface area (Å²) >= 11 is 1.69. The number of hydrogen-bond donors (Lipinski definition) is 2. The van der Waals surface area contributed by atoms with Crippen molar-refractivity contribution in [2.75, 3.05) is 17.2 Å². The molecule has 2 N–H and O–H groups in total. The van der Waals surface area contributed by atoms with E-state index >= 15 is 0 Å². The summed E-state index contributed by atoms with van der Waals surface area (Å²) in [7, 11) is 0. The van der Waals surface area contributed by atoms with E-state index in [4.69, 9.17) is 0 Å². The molecule has 5 nitrogen and oxygen atoms in total. The third-order valence-electron chi connectivity index (χ3n) is 2.53. The van der Waals surface area contributed by atoms with Crippen molar-refractivity contribution in [3.63, 3.8) is 0 Å². The number of thiazole rings is 1. The first kappa shape index (κ1) is 12.8. The summed E-state index contributed by atoms with van der Waals surface area (Å²) in [5.41, 5.74) is 1.04. The lowest BCUT2D eigenvalue weighted by atomic mass is 10.3. The van der Waals surface area contributed by atoms with Crippen LogP contribution in [0.2, 0.25) is 0 Å². The molecule has 18 heavy (non-hydrogen) atoms. The summed E-state index contributed by atoms with van der Waals surface area (Å²) < 4.78 is 0. The van der Waals surface area contributed by atoms with Gasteiger partial charge in [-0.25, -0.2) is 15.0 Å². The molecule has 0 aliphatic rings. The van der Waals surface area contributed by atoms with E-state index < -0.39 is 0 Å². The lowest BCUT2D eigenvalue weighted by Gasteiger charge is -2.11. The fourth-order valence-electron chi connectivity index (χ4n) is 1.63. The molecular formula is C12H17N5S. The Hall–Kier alpha value is -1.69. The summed E-state index contributed by atoms with van der Waals surface area (Å²) in [4.78, 5) is 13.9. The Balaban J connectivity index is 2.07. The van der Waals surface area contributed by atoms with Crippen molar-refractivity contribution in [1.82, 2.24) is 15.0 Å². The normalized spacial score (nSPS) is 10.4. The quantitative estimate of drug-likeness (QED) is 0.868. The van der Waals surface area contributed by atoms with Crippen molar-refractivity contribution >= 4 is 23.0 Å². The first-order valence-corrected chi connectivity index (χ1v) is 6.73. The molecule has 6 heteroatoms. The van der Waals surface area contributed by atoms with E-state index in [0.717, 1.165) is 35.3 Å². The molecule has 0 aliphatic carbocycles. The predicted octanol–water partition coefficient (Wildman–Crippen LogP) is 2.59. The fourth-order valence-corrected chi connectivity index (χ4v) is 2.37. The van der Waals surface area contributed by atoms with Gasteiger partial charge in [0.05, 0.1) is 11.6 Å². The maximum Gasteiger partial charge on any atom is 0.134 e. The van der Waals surface area contributed by atoms with Gasteiger partial charge in [0.25, 0.3) is 0 Å². The Morgan fingerprint density at radius 3 is 2.44 bits per heavy atom. The Kier molecular flexibility index (Phi) is 4.09. The Morgan fingerprint density at radius 1 is 1.11 bits per heavy atom. The molecule has 0 aromatic carbocycles. The number of aryl methyl sites for hydroxylation is 1. The predicted molar refractivity (Wildman–Crippen MR) is 75.1 cm³/mol. The molecule has 0 atom stereocenters. The zero-order valence-electron chi connectivity index (χ0n) is 10.8. The zero-order valence-corrected chi connectivity index (χ0v) is 11.6. The monoisotopic (exact) mass is 263 g/mol. The average Bonchev–Trinajstić information content (AvgIpc) is 2.77. The highest BCUT2D eigenvalue weighted by Gasteiger charge is 2.06. The maximum atomic E-state index is 4.27. The molecule has 0 radical (unpaired) electrons. The Morgan fingerprint density at radius 2 is 1.83 bits per heavy atom. The van der Waals surface area contributed by atoms with E-state index in [9.17, 15) is 0 Å². The fraction of sp³-hybridized carbons (Fsp3) is 0.417. The van der Waals surface area contributed by atoms with Crippen LogP contribution in [0.1, 0.15) is 22.4 Å². The first-order valence-electron chi connectivity index (χ1n) is 5.91. The van der Waals surface area contributed by atoms with E-state index in [-0.39, 0.29) is 0 Å². The van der Waals surface area contributed by atoms with Crippen LogP contribution in [0.15, 0.2) is 12.5 Å². The van der Waals surface area contributed by atoms with E-state index in [1.54, 1.807) is 17.7 Å². The first-order chi connectivity index (χ1) is 8.70. The Labute approximate surface area is 111 Å². The highest BCUT2D eigenvalue weighted by Crippen LogP contribution is 2.19. The topological polar surface area (TPSA) is 62.7 Å². The molecule has 2 aromatic heterocycles. The molecule has 0 bridgehead atoms.